The van der Waals surface area contributed by atoms with E-state index in [4.69, 9.17) is 5.73 Å². The summed E-state index contributed by atoms with van der Waals surface area (Å²) in [6, 6.07) is -0.185. The summed E-state index contributed by atoms with van der Waals surface area (Å²) < 4.78 is 41.9. The van der Waals surface area contributed by atoms with E-state index >= 15 is 0 Å². The Balaban J connectivity index is 2.46. The summed E-state index contributed by atoms with van der Waals surface area (Å²) in [5.41, 5.74) is 6.78. The number of aromatic nitrogens is 2. The molecule has 0 spiro atoms. The van der Waals surface area contributed by atoms with Crippen molar-refractivity contribution >= 4 is 0 Å². The van der Waals surface area contributed by atoms with Gasteiger partial charge in [0, 0.05) is 18.8 Å². The molecular formula is C11H18F3N3O. The smallest absolute Gasteiger partial charge is 0.370 e. The third kappa shape index (κ3) is 4.66. The van der Waals surface area contributed by atoms with Gasteiger partial charge in [-0.2, -0.15) is 13.2 Å². The van der Waals surface area contributed by atoms with Crippen LogP contribution in [-0.2, 0) is 11.3 Å². The molecule has 1 rings (SSSR count). The monoisotopic (exact) mass is 265 g/mol. The average molecular weight is 265 g/mol. The van der Waals surface area contributed by atoms with Crippen LogP contribution in [0.4, 0.5) is 13.2 Å². The lowest BCUT2D eigenvalue weighted by Crippen LogP contribution is -2.22. The van der Waals surface area contributed by atoms with E-state index in [1.165, 1.54) is 0 Å². The third-order valence-corrected chi connectivity index (χ3v) is 2.55. The average Bonchev–Trinajstić information content (AvgIpc) is 2.70. The molecule has 0 saturated carbocycles. The number of alkyl halides is 3. The number of ether oxygens (including phenoxy) is 1. The van der Waals surface area contributed by atoms with Gasteiger partial charge >= 0.3 is 6.18 Å². The molecule has 0 aliphatic rings. The first-order valence-electron chi connectivity index (χ1n) is 5.71. The molecule has 0 bridgehead atoms. The lowest BCUT2D eigenvalue weighted by atomic mass is 10.0. The normalized spacial score (nSPS) is 14.2. The number of hydrogen-bond donors (Lipinski definition) is 1. The largest absolute Gasteiger partial charge is 0.411 e. The predicted octanol–water partition coefficient (Wildman–Crippen LogP) is 2.12. The van der Waals surface area contributed by atoms with Gasteiger partial charge in [0.2, 0.25) is 0 Å². The van der Waals surface area contributed by atoms with Gasteiger partial charge in [0.1, 0.15) is 6.61 Å². The van der Waals surface area contributed by atoms with Crippen LogP contribution in [0.1, 0.15) is 25.6 Å². The van der Waals surface area contributed by atoms with E-state index in [-0.39, 0.29) is 18.6 Å². The van der Waals surface area contributed by atoms with Crippen LogP contribution < -0.4 is 5.73 Å². The highest BCUT2D eigenvalue weighted by Gasteiger charge is 2.27. The summed E-state index contributed by atoms with van der Waals surface area (Å²) >= 11 is 0. The lowest BCUT2D eigenvalue weighted by Gasteiger charge is -2.18. The fraction of sp³-hybridized carbons (Fsp3) is 0.727. The molecule has 0 aliphatic heterocycles. The Morgan fingerprint density at radius 1 is 1.44 bits per heavy atom. The van der Waals surface area contributed by atoms with Crippen molar-refractivity contribution in [2.24, 2.45) is 11.7 Å². The van der Waals surface area contributed by atoms with Crippen molar-refractivity contribution < 1.29 is 17.9 Å². The molecular weight excluding hydrogens is 247 g/mol. The molecule has 1 aromatic rings. The molecule has 104 valence electrons. The Labute approximate surface area is 104 Å². The highest BCUT2D eigenvalue weighted by molar-refractivity contribution is 5.05. The second-order valence-electron chi connectivity index (χ2n) is 4.45. The molecule has 0 radical (unpaired) electrons. The van der Waals surface area contributed by atoms with Gasteiger partial charge in [0.15, 0.2) is 0 Å². The standard InChI is InChI=1S/C11H18F3N3O/c1-8(2)10(15)9-5-16-7-17(9)3-4-18-6-11(12,13)14/h5,7-8,10H,3-4,6,15H2,1-2H3. The maximum atomic E-state index is 11.9. The van der Waals surface area contributed by atoms with Crippen LogP contribution in [0.15, 0.2) is 12.5 Å². The first-order valence-corrected chi connectivity index (χ1v) is 5.71. The van der Waals surface area contributed by atoms with E-state index < -0.39 is 12.8 Å². The molecule has 0 aliphatic carbocycles. The quantitative estimate of drug-likeness (QED) is 0.801. The van der Waals surface area contributed by atoms with Crippen molar-refractivity contribution in [1.82, 2.24) is 9.55 Å². The molecule has 1 aromatic heterocycles. The molecule has 0 fully saturated rings. The van der Waals surface area contributed by atoms with Crippen molar-refractivity contribution in [3.05, 3.63) is 18.2 Å². The van der Waals surface area contributed by atoms with E-state index in [9.17, 15) is 13.2 Å². The highest BCUT2D eigenvalue weighted by atomic mass is 19.4. The minimum atomic E-state index is -4.29. The van der Waals surface area contributed by atoms with Crippen LogP contribution in [-0.4, -0.2) is 28.9 Å². The zero-order chi connectivity index (χ0) is 13.8. The molecule has 0 aromatic carbocycles. The first-order chi connectivity index (χ1) is 8.31. The van der Waals surface area contributed by atoms with Gasteiger partial charge in [0.05, 0.1) is 18.6 Å². The van der Waals surface area contributed by atoms with E-state index in [1.54, 1.807) is 17.1 Å². The number of nitrogens with zero attached hydrogens (tertiary/aromatic N) is 2. The minimum absolute atomic E-state index is 0.0202. The zero-order valence-corrected chi connectivity index (χ0v) is 10.4. The molecule has 2 N–H and O–H groups in total. The molecule has 4 nitrogen and oxygen atoms in total. The SMILES string of the molecule is CC(C)C(N)c1cncn1CCOCC(F)(F)F. The van der Waals surface area contributed by atoms with Crippen molar-refractivity contribution in [2.45, 2.75) is 32.6 Å². The first kappa shape index (κ1) is 15.0. The van der Waals surface area contributed by atoms with Crippen molar-refractivity contribution in [2.75, 3.05) is 13.2 Å². The summed E-state index contributed by atoms with van der Waals surface area (Å²) in [7, 11) is 0. The van der Waals surface area contributed by atoms with Crippen LogP contribution >= 0.6 is 0 Å². The Hall–Kier alpha value is -1.08. The van der Waals surface area contributed by atoms with Gasteiger partial charge in [-0.15, -0.1) is 0 Å². The topological polar surface area (TPSA) is 53.1 Å². The van der Waals surface area contributed by atoms with E-state index in [0.717, 1.165) is 5.69 Å². The van der Waals surface area contributed by atoms with Crippen LogP contribution in [0, 0.1) is 5.92 Å². The summed E-state index contributed by atoms with van der Waals surface area (Å²) in [6.07, 6.45) is -1.10. The van der Waals surface area contributed by atoms with Crippen molar-refractivity contribution in [3.8, 4) is 0 Å². The molecule has 1 atom stereocenters. The Kier molecular flexibility index (Phi) is 5.15. The summed E-state index contributed by atoms with van der Waals surface area (Å²) in [6.45, 7) is 3.01. The number of halogens is 3. The van der Waals surface area contributed by atoms with Gasteiger partial charge < -0.3 is 15.0 Å². The fourth-order valence-electron chi connectivity index (χ4n) is 1.49. The molecule has 18 heavy (non-hydrogen) atoms. The van der Waals surface area contributed by atoms with Gasteiger partial charge in [-0.05, 0) is 5.92 Å². The zero-order valence-electron chi connectivity index (χ0n) is 10.4. The maximum absolute atomic E-state index is 11.9. The Morgan fingerprint density at radius 2 is 2.11 bits per heavy atom. The number of hydrogen-bond acceptors (Lipinski definition) is 3. The maximum Gasteiger partial charge on any atom is 0.411 e. The lowest BCUT2D eigenvalue weighted by molar-refractivity contribution is -0.174. The summed E-state index contributed by atoms with van der Waals surface area (Å²) in [4.78, 5) is 3.96. The Morgan fingerprint density at radius 3 is 2.67 bits per heavy atom. The van der Waals surface area contributed by atoms with Gasteiger partial charge in [-0.3, -0.25) is 0 Å². The molecule has 1 unspecified atom stereocenters. The Bertz CT molecular complexity index is 363. The molecule has 7 heteroatoms. The van der Waals surface area contributed by atoms with Crippen LogP contribution in [0.3, 0.4) is 0 Å². The second-order valence-corrected chi connectivity index (χ2v) is 4.45. The third-order valence-electron chi connectivity index (χ3n) is 2.55. The molecule has 0 amide bonds. The van der Waals surface area contributed by atoms with Gasteiger partial charge in [0.25, 0.3) is 0 Å². The predicted molar refractivity (Wildman–Crippen MR) is 60.9 cm³/mol. The van der Waals surface area contributed by atoms with Crippen LogP contribution in [0.5, 0.6) is 0 Å². The summed E-state index contributed by atoms with van der Waals surface area (Å²) in [5, 5.41) is 0. The molecule has 1 heterocycles. The van der Waals surface area contributed by atoms with Gasteiger partial charge in [-0.25, -0.2) is 4.98 Å². The number of imidazole rings is 1. The van der Waals surface area contributed by atoms with E-state index in [0.29, 0.717) is 6.54 Å². The number of rotatable bonds is 6. The van der Waals surface area contributed by atoms with E-state index in [1.807, 2.05) is 13.8 Å². The fourth-order valence-corrected chi connectivity index (χ4v) is 1.49. The minimum Gasteiger partial charge on any atom is -0.370 e. The van der Waals surface area contributed by atoms with Gasteiger partial charge in [-0.1, -0.05) is 13.8 Å². The van der Waals surface area contributed by atoms with Crippen LogP contribution in [0.2, 0.25) is 0 Å². The van der Waals surface area contributed by atoms with Crippen molar-refractivity contribution in [3.63, 3.8) is 0 Å². The van der Waals surface area contributed by atoms with Crippen molar-refractivity contribution in [1.29, 1.82) is 0 Å². The highest BCUT2D eigenvalue weighted by Crippen LogP contribution is 2.18. The summed E-state index contributed by atoms with van der Waals surface area (Å²) in [5.74, 6) is 0.233. The number of nitrogens with two attached hydrogens (primary N) is 1. The van der Waals surface area contributed by atoms with Crippen LogP contribution in [0.25, 0.3) is 0 Å². The van der Waals surface area contributed by atoms with E-state index in [2.05, 4.69) is 9.72 Å². The second kappa shape index (κ2) is 6.19. The molecule has 0 saturated heterocycles.